The van der Waals surface area contributed by atoms with Crippen LogP contribution in [0.4, 0.5) is 5.13 Å². The molecule has 3 heterocycles. The summed E-state index contributed by atoms with van der Waals surface area (Å²) < 4.78 is 8.56. The summed E-state index contributed by atoms with van der Waals surface area (Å²) in [6.07, 6.45) is 4.24. The standard InChI is InChI=1S/C20H23N5O2S2/c1-13(26)25(15-8-9-15)19-22-24(20(28)29-19)12-23-10-4-5-14(11-23)18-21-16-6-2-3-7-17(16)27-18/h2-3,6-7,14-15H,4-5,8-12H2,1H3. The number of amides is 1. The van der Waals surface area contributed by atoms with Gasteiger partial charge in [-0.05, 0) is 56.6 Å². The van der Waals surface area contributed by atoms with Crippen molar-refractivity contribution in [3.63, 3.8) is 0 Å². The quantitative estimate of drug-likeness (QED) is 0.567. The third kappa shape index (κ3) is 3.86. The van der Waals surface area contributed by atoms with Gasteiger partial charge in [0.15, 0.2) is 15.4 Å². The van der Waals surface area contributed by atoms with Crippen LogP contribution in [0.3, 0.4) is 0 Å². The number of oxazole rings is 1. The molecule has 2 aromatic heterocycles. The van der Waals surface area contributed by atoms with Crippen LogP contribution >= 0.6 is 23.6 Å². The van der Waals surface area contributed by atoms with E-state index in [1.54, 1.807) is 11.8 Å². The molecule has 1 unspecified atom stereocenters. The van der Waals surface area contributed by atoms with Gasteiger partial charge in [-0.1, -0.05) is 23.5 Å². The molecule has 0 spiro atoms. The molecule has 9 heteroatoms. The minimum Gasteiger partial charge on any atom is -0.440 e. The number of carbonyl (C=O) groups excluding carboxylic acids is 1. The molecule has 7 nitrogen and oxygen atoms in total. The highest BCUT2D eigenvalue weighted by Gasteiger charge is 2.34. The Balaban J connectivity index is 1.31. The lowest BCUT2D eigenvalue weighted by molar-refractivity contribution is -0.116. The molecule has 1 atom stereocenters. The molecule has 2 fully saturated rings. The molecule has 1 aromatic carbocycles. The van der Waals surface area contributed by atoms with Crippen LogP contribution in [0.1, 0.15) is 44.4 Å². The molecule has 152 valence electrons. The number of para-hydroxylation sites is 2. The van der Waals surface area contributed by atoms with Crippen molar-refractivity contribution in [3.8, 4) is 0 Å². The summed E-state index contributed by atoms with van der Waals surface area (Å²) in [5.74, 6) is 1.12. The third-order valence-electron chi connectivity index (χ3n) is 5.55. The highest BCUT2D eigenvalue weighted by atomic mass is 32.1. The lowest BCUT2D eigenvalue weighted by Crippen LogP contribution is -2.36. The molecule has 0 bridgehead atoms. The topological polar surface area (TPSA) is 67.4 Å². The summed E-state index contributed by atoms with van der Waals surface area (Å²) in [7, 11) is 0. The predicted molar refractivity (Wildman–Crippen MR) is 115 cm³/mol. The Morgan fingerprint density at radius 1 is 1.34 bits per heavy atom. The Morgan fingerprint density at radius 2 is 2.17 bits per heavy atom. The highest BCUT2D eigenvalue weighted by Crippen LogP contribution is 2.34. The molecule has 2 aliphatic rings. The summed E-state index contributed by atoms with van der Waals surface area (Å²) in [5.41, 5.74) is 1.76. The number of hydrogen-bond donors (Lipinski definition) is 0. The van der Waals surface area contributed by atoms with Gasteiger partial charge in [0.1, 0.15) is 5.52 Å². The van der Waals surface area contributed by atoms with Gasteiger partial charge >= 0.3 is 0 Å². The fourth-order valence-corrected chi connectivity index (χ4v) is 5.20. The van der Waals surface area contributed by atoms with Crippen molar-refractivity contribution in [2.24, 2.45) is 0 Å². The molecule has 1 aliphatic heterocycles. The zero-order valence-electron chi connectivity index (χ0n) is 16.3. The van der Waals surface area contributed by atoms with E-state index < -0.39 is 0 Å². The van der Waals surface area contributed by atoms with Gasteiger partial charge in [0.05, 0.1) is 6.67 Å². The minimum atomic E-state index is 0.0393. The summed E-state index contributed by atoms with van der Waals surface area (Å²) in [5, 5.41) is 5.39. The van der Waals surface area contributed by atoms with Crippen LogP contribution in [0.5, 0.6) is 0 Å². The molecule has 1 saturated heterocycles. The maximum absolute atomic E-state index is 12.0. The number of piperidine rings is 1. The molecule has 3 aromatic rings. The number of aromatic nitrogens is 3. The van der Waals surface area contributed by atoms with Gasteiger partial charge in [0.25, 0.3) is 0 Å². The van der Waals surface area contributed by atoms with Crippen molar-refractivity contribution in [3.05, 3.63) is 34.1 Å². The van der Waals surface area contributed by atoms with Crippen molar-refractivity contribution >= 4 is 45.7 Å². The van der Waals surface area contributed by atoms with E-state index >= 15 is 0 Å². The van der Waals surface area contributed by atoms with E-state index in [-0.39, 0.29) is 11.8 Å². The number of rotatable bonds is 5. The van der Waals surface area contributed by atoms with Crippen LogP contribution in [0.2, 0.25) is 0 Å². The molecular formula is C20H23N5O2S2. The number of fused-ring (bicyclic) bond motifs is 1. The van der Waals surface area contributed by atoms with E-state index in [0.717, 1.165) is 60.9 Å². The zero-order valence-corrected chi connectivity index (χ0v) is 17.9. The largest absolute Gasteiger partial charge is 0.440 e. The lowest BCUT2D eigenvalue weighted by atomic mass is 9.98. The van der Waals surface area contributed by atoms with E-state index in [1.807, 2.05) is 28.9 Å². The zero-order chi connectivity index (χ0) is 20.0. The first-order chi connectivity index (χ1) is 14.1. The molecule has 0 radical (unpaired) electrons. The molecule has 5 rings (SSSR count). The normalized spacial score (nSPS) is 20.2. The second kappa shape index (κ2) is 7.62. The SMILES string of the molecule is CC(=O)N(c1nn(CN2CCCC(c3nc4ccccc4o3)C2)c(=S)s1)C1CC1. The number of nitrogens with zero attached hydrogens (tertiary/aromatic N) is 5. The van der Waals surface area contributed by atoms with E-state index in [9.17, 15) is 4.79 Å². The molecule has 0 N–H and O–H groups in total. The Kier molecular flexibility index (Phi) is 4.97. The van der Waals surface area contributed by atoms with Crippen LogP contribution in [-0.4, -0.2) is 44.7 Å². The highest BCUT2D eigenvalue weighted by molar-refractivity contribution is 7.73. The summed E-state index contributed by atoms with van der Waals surface area (Å²) in [6.45, 7) is 4.08. The average molecular weight is 430 g/mol. The van der Waals surface area contributed by atoms with Crippen molar-refractivity contribution in [1.29, 1.82) is 0 Å². The fraction of sp³-hybridized carbons (Fsp3) is 0.500. The van der Waals surface area contributed by atoms with Gasteiger partial charge in [0, 0.05) is 25.4 Å². The van der Waals surface area contributed by atoms with E-state index in [4.69, 9.17) is 21.6 Å². The van der Waals surface area contributed by atoms with Gasteiger partial charge in [-0.2, -0.15) is 0 Å². The van der Waals surface area contributed by atoms with Crippen LogP contribution < -0.4 is 4.90 Å². The first kappa shape index (κ1) is 18.9. The second-order valence-electron chi connectivity index (χ2n) is 7.85. The number of hydrogen-bond acceptors (Lipinski definition) is 7. The van der Waals surface area contributed by atoms with Gasteiger partial charge in [-0.15, -0.1) is 5.10 Å². The third-order valence-corrected chi connectivity index (χ3v) is 6.86. The van der Waals surface area contributed by atoms with Gasteiger partial charge in [0.2, 0.25) is 11.0 Å². The van der Waals surface area contributed by atoms with Crippen LogP contribution in [-0.2, 0) is 11.5 Å². The van der Waals surface area contributed by atoms with E-state index in [1.165, 1.54) is 11.3 Å². The fourth-order valence-electron chi connectivity index (χ4n) is 4.00. The van der Waals surface area contributed by atoms with Gasteiger partial charge in [-0.25, -0.2) is 9.67 Å². The monoisotopic (exact) mass is 429 g/mol. The van der Waals surface area contributed by atoms with Gasteiger partial charge in [-0.3, -0.25) is 14.6 Å². The smallest absolute Gasteiger partial charge is 0.225 e. The van der Waals surface area contributed by atoms with Gasteiger partial charge < -0.3 is 4.42 Å². The average Bonchev–Trinajstić information content (AvgIpc) is 3.32. The maximum atomic E-state index is 12.0. The molecule has 29 heavy (non-hydrogen) atoms. The summed E-state index contributed by atoms with van der Waals surface area (Å²) >= 11 is 6.97. The number of likely N-dealkylation sites (tertiary alicyclic amines) is 1. The van der Waals surface area contributed by atoms with E-state index in [2.05, 4.69) is 10.00 Å². The Morgan fingerprint density at radius 3 is 2.93 bits per heavy atom. The number of benzene rings is 1. The first-order valence-electron chi connectivity index (χ1n) is 10.0. The summed E-state index contributed by atoms with van der Waals surface area (Å²) in [6, 6.07) is 8.19. The Labute approximate surface area is 177 Å². The first-order valence-corrected chi connectivity index (χ1v) is 11.3. The molecule has 1 saturated carbocycles. The molecular weight excluding hydrogens is 406 g/mol. The van der Waals surface area contributed by atoms with Crippen LogP contribution in [0.25, 0.3) is 11.1 Å². The lowest BCUT2D eigenvalue weighted by Gasteiger charge is -2.30. The van der Waals surface area contributed by atoms with Crippen molar-refractivity contribution < 1.29 is 9.21 Å². The van der Waals surface area contributed by atoms with E-state index in [0.29, 0.717) is 16.7 Å². The second-order valence-corrected chi connectivity index (χ2v) is 9.45. The van der Waals surface area contributed by atoms with Crippen LogP contribution in [0, 0.1) is 3.95 Å². The number of anilines is 1. The summed E-state index contributed by atoms with van der Waals surface area (Å²) in [4.78, 5) is 20.9. The van der Waals surface area contributed by atoms with Crippen LogP contribution in [0.15, 0.2) is 28.7 Å². The molecule has 1 aliphatic carbocycles. The van der Waals surface area contributed by atoms with Crippen molar-refractivity contribution in [2.75, 3.05) is 18.0 Å². The predicted octanol–water partition coefficient (Wildman–Crippen LogP) is 4.17. The maximum Gasteiger partial charge on any atom is 0.225 e. The van der Waals surface area contributed by atoms with Crippen molar-refractivity contribution in [1.82, 2.24) is 19.7 Å². The number of carbonyl (C=O) groups is 1. The molecule has 1 amide bonds. The van der Waals surface area contributed by atoms with Crippen molar-refractivity contribution in [2.45, 2.75) is 51.2 Å². The Hall–Kier alpha value is -2.10. The Bertz CT molecular complexity index is 1070. The minimum absolute atomic E-state index is 0.0393.